The van der Waals surface area contributed by atoms with Gasteiger partial charge in [0.1, 0.15) is 5.78 Å². The predicted octanol–water partition coefficient (Wildman–Crippen LogP) is 5.72. The highest BCUT2D eigenvalue weighted by Crippen LogP contribution is 2.34. The first-order valence-electron chi connectivity index (χ1n) is 10.6. The highest BCUT2D eigenvalue weighted by atomic mass is 16.2. The van der Waals surface area contributed by atoms with Crippen LogP contribution in [0.4, 0.5) is 0 Å². The lowest BCUT2D eigenvalue weighted by Gasteiger charge is -2.38. The molecule has 0 radical (unpaired) electrons. The van der Waals surface area contributed by atoms with Crippen molar-refractivity contribution in [3.05, 3.63) is 0 Å². The lowest BCUT2D eigenvalue weighted by atomic mass is 9.79. The fourth-order valence-electron chi connectivity index (χ4n) is 4.08. The van der Waals surface area contributed by atoms with E-state index in [1.54, 1.807) is 0 Å². The summed E-state index contributed by atoms with van der Waals surface area (Å²) in [6.45, 7) is 19.0. The molecule has 1 aliphatic rings. The van der Waals surface area contributed by atoms with Crippen LogP contribution in [0.25, 0.3) is 0 Å². The molecule has 0 aromatic carbocycles. The van der Waals surface area contributed by atoms with Gasteiger partial charge in [0.05, 0.1) is 0 Å². The molecule has 0 bridgehead atoms. The van der Waals surface area contributed by atoms with E-state index in [1.165, 1.54) is 6.42 Å². The van der Waals surface area contributed by atoms with E-state index in [4.69, 9.17) is 0 Å². The summed E-state index contributed by atoms with van der Waals surface area (Å²) < 4.78 is 0. The molecule has 1 heterocycles. The van der Waals surface area contributed by atoms with Crippen LogP contribution in [-0.4, -0.2) is 29.7 Å². The molecule has 0 N–H and O–H groups in total. The Balaban J connectivity index is 2.49. The van der Waals surface area contributed by atoms with Crippen molar-refractivity contribution in [3.63, 3.8) is 0 Å². The minimum absolute atomic E-state index is 0.0574. The second-order valence-corrected chi connectivity index (χ2v) is 10.9. The highest BCUT2D eigenvalue weighted by molar-refractivity contribution is 5.83. The summed E-state index contributed by atoms with van der Waals surface area (Å²) in [6, 6.07) is 0. The molecule has 1 atom stereocenters. The summed E-state index contributed by atoms with van der Waals surface area (Å²) >= 11 is 0. The van der Waals surface area contributed by atoms with Gasteiger partial charge in [-0.25, -0.2) is 0 Å². The summed E-state index contributed by atoms with van der Waals surface area (Å²) in [5, 5.41) is 0. The van der Waals surface area contributed by atoms with Crippen molar-refractivity contribution in [1.82, 2.24) is 4.90 Å². The van der Waals surface area contributed by atoms with Gasteiger partial charge in [0.2, 0.25) is 5.91 Å². The molecule has 1 fully saturated rings. The van der Waals surface area contributed by atoms with Gasteiger partial charge in [0, 0.05) is 30.8 Å². The van der Waals surface area contributed by atoms with E-state index in [2.05, 4.69) is 53.4 Å². The van der Waals surface area contributed by atoms with Crippen molar-refractivity contribution in [1.29, 1.82) is 0 Å². The number of likely N-dealkylation sites (tertiary alicyclic amines) is 1. The summed E-state index contributed by atoms with van der Waals surface area (Å²) in [7, 11) is 0. The smallest absolute Gasteiger partial charge is 0.228 e. The van der Waals surface area contributed by atoms with Crippen LogP contribution in [0.1, 0.15) is 93.9 Å². The van der Waals surface area contributed by atoms with Crippen molar-refractivity contribution in [2.75, 3.05) is 13.1 Å². The molecule has 0 aromatic heterocycles. The number of hydrogen-bond donors (Lipinski definition) is 0. The molecule has 0 aliphatic carbocycles. The lowest BCUT2D eigenvalue weighted by Crippen LogP contribution is -2.45. The number of rotatable bonds is 8. The Kier molecular flexibility index (Phi) is 8.35. The summed E-state index contributed by atoms with van der Waals surface area (Å²) in [6.07, 6.45) is 5.75. The van der Waals surface area contributed by atoms with E-state index in [9.17, 15) is 9.59 Å². The largest absolute Gasteiger partial charge is 0.342 e. The second-order valence-electron chi connectivity index (χ2n) is 10.9. The van der Waals surface area contributed by atoms with Crippen LogP contribution in [0.3, 0.4) is 0 Å². The number of ketones is 1. The molecule has 1 aliphatic heterocycles. The molecule has 0 spiro atoms. The van der Waals surface area contributed by atoms with Gasteiger partial charge in [-0.15, -0.1) is 0 Å². The molecule has 152 valence electrons. The zero-order valence-electron chi connectivity index (χ0n) is 18.7. The quantitative estimate of drug-likeness (QED) is 0.552. The topological polar surface area (TPSA) is 37.4 Å². The van der Waals surface area contributed by atoms with Crippen molar-refractivity contribution in [2.24, 2.45) is 28.6 Å². The van der Waals surface area contributed by atoms with Crippen LogP contribution in [0.15, 0.2) is 0 Å². The normalized spacial score (nSPS) is 18.3. The van der Waals surface area contributed by atoms with Gasteiger partial charge >= 0.3 is 0 Å². The number of Topliss-reactive ketones (excluding diaryl/α,β-unsaturated/α-hetero) is 1. The number of nitrogens with zero attached hydrogens (tertiary/aromatic N) is 1. The van der Waals surface area contributed by atoms with E-state index in [-0.39, 0.29) is 17.2 Å². The van der Waals surface area contributed by atoms with Gasteiger partial charge in [-0.3, -0.25) is 9.59 Å². The van der Waals surface area contributed by atoms with Gasteiger partial charge in [0.15, 0.2) is 0 Å². The van der Waals surface area contributed by atoms with Crippen molar-refractivity contribution in [2.45, 2.75) is 93.9 Å². The average Bonchev–Trinajstić information content (AvgIpc) is 2.50. The van der Waals surface area contributed by atoms with Gasteiger partial charge < -0.3 is 4.90 Å². The zero-order chi connectivity index (χ0) is 20.1. The molecule has 0 aromatic rings. The molecule has 1 rings (SSSR count). The average molecular weight is 366 g/mol. The summed E-state index contributed by atoms with van der Waals surface area (Å²) in [4.78, 5) is 27.3. The zero-order valence-corrected chi connectivity index (χ0v) is 18.7. The Hall–Kier alpha value is -0.860. The van der Waals surface area contributed by atoms with Crippen LogP contribution in [0.5, 0.6) is 0 Å². The maximum absolute atomic E-state index is 13.0. The minimum Gasteiger partial charge on any atom is -0.342 e. The van der Waals surface area contributed by atoms with Crippen LogP contribution in [0.2, 0.25) is 0 Å². The van der Waals surface area contributed by atoms with E-state index >= 15 is 0 Å². The number of piperidine rings is 1. The van der Waals surface area contributed by atoms with Crippen LogP contribution >= 0.6 is 0 Å². The molecule has 1 unspecified atom stereocenters. The van der Waals surface area contributed by atoms with Gasteiger partial charge in [-0.1, -0.05) is 55.4 Å². The lowest BCUT2D eigenvalue weighted by molar-refractivity contribution is -0.142. The Bertz CT molecular complexity index is 465. The molecule has 26 heavy (non-hydrogen) atoms. The third kappa shape index (κ3) is 7.80. The first-order chi connectivity index (χ1) is 11.8. The third-order valence-electron chi connectivity index (χ3n) is 5.74. The fourth-order valence-corrected chi connectivity index (χ4v) is 4.08. The maximum atomic E-state index is 13.0. The maximum Gasteiger partial charge on any atom is 0.228 e. The number of carbonyl (C=O) groups excluding carboxylic acids is 2. The Morgan fingerprint density at radius 3 is 2.00 bits per heavy atom. The van der Waals surface area contributed by atoms with E-state index < -0.39 is 0 Å². The van der Waals surface area contributed by atoms with Crippen LogP contribution in [-0.2, 0) is 9.59 Å². The second kappa shape index (κ2) is 9.37. The van der Waals surface area contributed by atoms with E-state index in [1.807, 2.05) is 6.92 Å². The molecule has 0 saturated carbocycles. The molecular formula is C23H43NO2. The Morgan fingerprint density at radius 2 is 1.54 bits per heavy atom. The predicted molar refractivity (Wildman–Crippen MR) is 110 cm³/mol. The van der Waals surface area contributed by atoms with Gasteiger partial charge in [-0.05, 0) is 49.4 Å². The molecular weight excluding hydrogens is 322 g/mol. The van der Waals surface area contributed by atoms with E-state index in [0.29, 0.717) is 23.5 Å². The Labute approximate surface area is 162 Å². The van der Waals surface area contributed by atoms with Crippen molar-refractivity contribution < 1.29 is 9.59 Å². The highest BCUT2D eigenvalue weighted by Gasteiger charge is 2.35. The molecule has 1 saturated heterocycles. The van der Waals surface area contributed by atoms with Crippen LogP contribution < -0.4 is 0 Å². The van der Waals surface area contributed by atoms with Gasteiger partial charge in [-0.2, -0.15) is 0 Å². The molecule has 3 heteroatoms. The Morgan fingerprint density at radius 1 is 1.00 bits per heavy atom. The molecule has 3 nitrogen and oxygen atoms in total. The number of hydrogen-bond acceptors (Lipinski definition) is 2. The first kappa shape index (κ1) is 23.2. The number of carbonyl (C=O) groups is 2. The molecule has 1 amide bonds. The minimum atomic E-state index is -0.372. The van der Waals surface area contributed by atoms with Crippen molar-refractivity contribution in [3.8, 4) is 0 Å². The third-order valence-corrected chi connectivity index (χ3v) is 5.74. The summed E-state index contributed by atoms with van der Waals surface area (Å²) in [5.41, 5.74) is -0.00197. The van der Waals surface area contributed by atoms with Gasteiger partial charge in [0.25, 0.3) is 0 Å². The summed E-state index contributed by atoms with van der Waals surface area (Å²) in [5.74, 6) is 1.83. The fraction of sp³-hybridized carbons (Fsp3) is 0.913. The number of amides is 1. The first-order valence-corrected chi connectivity index (χ1v) is 10.6. The monoisotopic (exact) mass is 365 g/mol. The van der Waals surface area contributed by atoms with Crippen LogP contribution in [0, 0.1) is 28.6 Å². The standard InChI is InChI=1S/C23H43NO2/c1-17(2)15-20(25)18(3)9-12-23(7,8)21(26)24-13-10-19(11-14-24)16-22(4,5)6/h17-19H,9-16H2,1-8H3. The SMILES string of the molecule is CC(C)CC(=O)C(C)CCC(C)(C)C(=O)N1CCC(CC(C)(C)C)CC1. The van der Waals surface area contributed by atoms with Crippen molar-refractivity contribution >= 4 is 11.7 Å². The van der Waals surface area contributed by atoms with E-state index in [0.717, 1.165) is 44.7 Å².